The van der Waals surface area contributed by atoms with E-state index in [0.717, 1.165) is 29.3 Å². The van der Waals surface area contributed by atoms with Crippen LogP contribution in [-0.4, -0.2) is 18.9 Å². The fraction of sp³-hybridized carbons (Fsp3) is 0.200. The molecule has 0 radical (unpaired) electrons. The van der Waals surface area contributed by atoms with Gasteiger partial charge < -0.3 is 8.97 Å². The van der Waals surface area contributed by atoms with Crippen molar-refractivity contribution < 1.29 is 0 Å². The molecule has 4 rings (SSSR count). The Bertz CT molecular complexity index is 953. The van der Waals surface area contributed by atoms with Gasteiger partial charge in [0.1, 0.15) is 11.5 Å². The second kappa shape index (κ2) is 5.34. The number of hydrogen-bond donors (Lipinski definition) is 0. The van der Waals surface area contributed by atoms with Crippen LogP contribution in [0.3, 0.4) is 0 Å². The lowest BCUT2D eigenvalue weighted by Gasteiger charge is -2.12. The van der Waals surface area contributed by atoms with Crippen molar-refractivity contribution >= 4 is 23.5 Å². The quantitative estimate of drug-likeness (QED) is 0.699. The summed E-state index contributed by atoms with van der Waals surface area (Å²) in [4.78, 5) is 9.58. The SMILES string of the molecule is C=Cn1cc(C2(CC)C=C2c2cn3ccccc3n2)nc1C=CC. The Morgan fingerprint density at radius 2 is 2.12 bits per heavy atom. The van der Waals surface area contributed by atoms with Crippen LogP contribution in [0.4, 0.5) is 0 Å². The Balaban J connectivity index is 1.73. The molecule has 0 amide bonds. The number of rotatable bonds is 5. The zero-order chi connectivity index (χ0) is 16.7. The maximum absolute atomic E-state index is 4.82. The molecule has 3 heterocycles. The van der Waals surface area contributed by atoms with Gasteiger partial charge in [-0.2, -0.15) is 0 Å². The van der Waals surface area contributed by atoms with Crippen molar-refractivity contribution in [2.24, 2.45) is 0 Å². The lowest BCUT2D eigenvalue weighted by Crippen LogP contribution is -2.10. The number of hydrogen-bond acceptors (Lipinski definition) is 2. The van der Waals surface area contributed by atoms with Crippen molar-refractivity contribution in [1.29, 1.82) is 0 Å². The summed E-state index contributed by atoms with van der Waals surface area (Å²) < 4.78 is 4.03. The molecule has 1 atom stereocenters. The van der Waals surface area contributed by atoms with Gasteiger partial charge in [0.05, 0.1) is 16.8 Å². The van der Waals surface area contributed by atoms with Crippen LogP contribution in [0.25, 0.3) is 23.5 Å². The van der Waals surface area contributed by atoms with Crippen molar-refractivity contribution in [3.8, 4) is 0 Å². The first kappa shape index (κ1) is 14.7. The second-order valence-corrected chi connectivity index (χ2v) is 6.05. The van der Waals surface area contributed by atoms with E-state index < -0.39 is 0 Å². The van der Waals surface area contributed by atoms with Crippen LogP contribution in [-0.2, 0) is 5.41 Å². The molecular formula is C20H20N4. The monoisotopic (exact) mass is 316 g/mol. The highest BCUT2D eigenvalue weighted by atomic mass is 15.1. The van der Waals surface area contributed by atoms with Gasteiger partial charge >= 0.3 is 0 Å². The highest BCUT2D eigenvalue weighted by Gasteiger charge is 2.47. The summed E-state index contributed by atoms with van der Waals surface area (Å²) in [7, 11) is 0. The summed E-state index contributed by atoms with van der Waals surface area (Å²) in [5, 5.41) is 0. The molecule has 1 aliphatic rings. The first-order chi connectivity index (χ1) is 11.7. The lowest BCUT2D eigenvalue weighted by atomic mass is 9.92. The van der Waals surface area contributed by atoms with Crippen molar-refractivity contribution in [3.05, 3.63) is 72.7 Å². The number of imidazole rings is 2. The van der Waals surface area contributed by atoms with Gasteiger partial charge in [0.15, 0.2) is 0 Å². The molecule has 0 bridgehead atoms. The normalized spacial score (nSPS) is 19.8. The predicted octanol–water partition coefficient (Wildman–Crippen LogP) is 4.41. The van der Waals surface area contributed by atoms with Crippen molar-refractivity contribution in [2.75, 3.05) is 0 Å². The van der Waals surface area contributed by atoms with E-state index >= 15 is 0 Å². The molecular weight excluding hydrogens is 296 g/mol. The predicted molar refractivity (Wildman–Crippen MR) is 98.5 cm³/mol. The Labute approximate surface area is 141 Å². The van der Waals surface area contributed by atoms with Gasteiger partial charge in [-0.05, 0) is 37.1 Å². The topological polar surface area (TPSA) is 35.1 Å². The average molecular weight is 316 g/mol. The van der Waals surface area contributed by atoms with Gasteiger partial charge in [-0.3, -0.25) is 0 Å². The molecule has 1 unspecified atom stereocenters. The molecule has 120 valence electrons. The third-order valence-corrected chi connectivity index (χ3v) is 4.72. The first-order valence-corrected chi connectivity index (χ1v) is 8.24. The van der Waals surface area contributed by atoms with Gasteiger partial charge in [0.2, 0.25) is 0 Å². The summed E-state index contributed by atoms with van der Waals surface area (Å²) in [6.07, 6.45) is 15.2. The molecule has 0 spiro atoms. The summed E-state index contributed by atoms with van der Waals surface area (Å²) in [6, 6.07) is 6.05. The molecule has 0 saturated heterocycles. The fourth-order valence-corrected chi connectivity index (χ4v) is 3.30. The van der Waals surface area contributed by atoms with Crippen LogP contribution >= 0.6 is 0 Å². The maximum Gasteiger partial charge on any atom is 0.137 e. The van der Waals surface area contributed by atoms with Crippen molar-refractivity contribution in [1.82, 2.24) is 18.9 Å². The summed E-state index contributed by atoms with van der Waals surface area (Å²) in [5.41, 5.74) is 4.21. The maximum atomic E-state index is 4.82. The van der Waals surface area contributed by atoms with Crippen LogP contribution in [0, 0.1) is 0 Å². The van der Waals surface area contributed by atoms with E-state index in [1.54, 1.807) is 6.20 Å². The van der Waals surface area contributed by atoms with Crippen LogP contribution in [0.2, 0.25) is 0 Å². The zero-order valence-electron chi connectivity index (χ0n) is 14.0. The molecule has 1 aliphatic carbocycles. The Morgan fingerprint density at radius 1 is 1.25 bits per heavy atom. The van der Waals surface area contributed by atoms with E-state index in [0.29, 0.717) is 0 Å². The molecule has 0 aliphatic heterocycles. The molecule has 0 saturated carbocycles. The molecule has 24 heavy (non-hydrogen) atoms. The fourth-order valence-electron chi connectivity index (χ4n) is 3.30. The molecule has 0 aromatic carbocycles. The van der Waals surface area contributed by atoms with Crippen LogP contribution in [0.15, 0.2) is 55.5 Å². The highest BCUT2D eigenvalue weighted by molar-refractivity contribution is 5.89. The Morgan fingerprint density at radius 3 is 2.83 bits per heavy atom. The molecule has 3 aromatic rings. The number of aromatic nitrogens is 4. The third kappa shape index (κ3) is 2.07. The number of fused-ring (bicyclic) bond motifs is 1. The van der Waals surface area contributed by atoms with Crippen LogP contribution in [0.1, 0.15) is 37.5 Å². The Hall–Kier alpha value is -2.88. The van der Waals surface area contributed by atoms with E-state index in [4.69, 9.17) is 9.97 Å². The molecule has 3 aromatic heterocycles. The van der Waals surface area contributed by atoms with Crippen molar-refractivity contribution in [2.45, 2.75) is 25.7 Å². The van der Waals surface area contributed by atoms with Crippen LogP contribution < -0.4 is 0 Å². The number of allylic oxidation sites excluding steroid dienone is 3. The molecule has 0 fully saturated rings. The van der Waals surface area contributed by atoms with Gasteiger partial charge in [-0.1, -0.05) is 31.7 Å². The second-order valence-electron chi connectivity index (χ2n) is 6.05. The smallest absolute Gasteiger partial charge is 0.137 e. The number of pyridine rings is 1. The molecule has 0 N–H and O–H groups in total. The van der Waals surface area contributed by atoms with E-state index in [9.17, 15) is 0 Å². The first-order valence-electron chi connectivity index (χ1n) is 8.24. The minimum atomic E-state index is -0.109. The summed E-state index contributed by atoms with van der Waals surface area (Å²) in [6.45, 7) is 8.07. The van der Waals surface area contributed by atoms with Crippen molar-refractivity contribution in [3.63, 3.8) is 0 Å². The average Bonchev–Trinajstić information content (AvgIpc) is 2.99. The zero-order valence-corrected chi connectivity index (χ0v) is 14.0. The van der Waals surface area contributed by atoms with E-state index in [2.05, 4.69) is 36.4 Å². The standard InChI is InChI=1S/C20H20N4/c1-4-9-18-22-17(14-23(18)6-3)20(5-2)12-15(20)16-13-24-11-8-7-10-19(24)21-16/h4,6-14H,3,5H2,1-2H3. The summed E-state index contributed by atoms with van der Waals surface area (Å²) in [5.74, 6) is 0.907. The van der Waals surface area contributed by atoms with E-state index in [-0.39, 0.29) is 5.41 Å². The summed E-state index contributed by atoms with van der Waals surface area (Å²) >= 11 is 0. The minimum absolute atomic E-state index is 0.109. The van der Waals surface area contributed by atoms with Gasteiger partial charge in [-0.25, -0.2) is 9.97 Å². The number of nitrogens with zero attached hydrogens (tertiary/aromatic N) is 4. The molecule has 4 nitrogen and oxygen atoms in total. The lowest BCUT2D eigenvalue weighted by molar-refractivity contribution is 0.714. The third-order valence-electron chi connectivity index (χ3n) is 4.72. The van der Waals surface area contributed by atoms with Gasteiger partial charge in [-0.15, -0.1) is 0 Å². The van der Waals surface area contributed by atoms with E-state index in [1.165, 1.54) is 5.57 Å². The minimum Gasteiger partial charge on any atom is -0.307 e. The van der Waals surface area contributed by atoms with E-state index in [1.807, 2.05) is 48.0 Å². The Kier molecular flexibility index (Phi) is 3.27. The van der Waals surface area contributed by atoms with Gasteiger partial charge in [0, 0.05) is 24.8 Å². The largest absolute Gasteiger partial charge is 0.307 e. The molecule has 4 heteroatoms. The van der Waals surface area contributed by atoms with Crippen LogP contribution in [0.5, 0.6) is 0 Å². The van der Waals surface area contributed by atoms with Gasteiger partial charge in [0.25, 0.3) is 0 Å². The highest BCUT2D eigenvalue weighted by Crippen LogP contribution is 2.54.